The van der Waals surface area contributed by atoms with Crippen LogP contribution in [0.15, 0.2) is 47.6 Å². The molecular formula is C18H22F3IN4O2. The number of ether oxygens (including phenoxy) is 2. The summed E-state index contributed by atoms with van der Waals surface area (Å²) in [6.07, 6.45) is -3.00. The van der Waals surface area contributed by atoms with Crippen LogP contribution < -0.4 is 20.1 Å². The Morgan fingerprint density at radius 1 is 1.11 bits per heavy atom. The van der Waals surface area contributed by atoms with Crippen molar-refractivity contribution in [1.29, 1.82) is 0 Å². The average Bonchev–Trinajstić information content (AvgIpc) is 2.66. The number of aromatic nitrogens is 1. The van der Waals surface area contributed by atoms with E-state index < -0.39 is 12.8 Å². The van der Waals surface area contributed by atoms with Crippen molar-refractivity contribution in [3.8, 4) is 11.6 Å². The van der Waals surface area contributed by atoms with E-state index in [0.717, 1.165) is 11.3 Å². The summed E-state index contributed by atoms with van der Waals surface area (Å²) in [4.78, 5) is 7.89. The van der Waals surface area contributed by atoms with Gasteiger partial charge in [0.25, 0.3) is 0 Å². The van der Waals surface area contributed by atoms with E-state index in [0.29, 0.717) is 24.6 Å². The van der Waals surface area contributed by atoms with Crippen LogP contribution in [0.4, 0.5) is 13.2 Å². The first-order valence-electron chi connectivity index (χ1n) is 8.11. The summed E-state index contributed by atoms with van der Waals surface area (Å²) in [5.41, 5.74) is 1.73. The lowest BCUT2D eigenvalue weighted by atomic mass is 10.2. The number of pyridine rings is 1. The van der Waals surface area contributed by atoms with Crippen molar-refractivity contribution in [3.05, 3.63) is 53.7 Å². The summed E-state index contributed by atoms with van der Waals surface area (Å²) in [6, 6.07) is 10.8. The van der Waals surface area contributed by atoms with Crippen LogP contribution in [-0.4, -0.2) is 37.9 Å². The highest BCUT2D eigenvalue weighted by atomic mass is 127. The number of aliphatic imine (C=N–C) groups is 1. The molecule has 0 spiro atoms. The third-order valence-corrected chi connectivity index (χ3v) is 3.46. The fourth-order valence-electron chi connectivity index (χ4n) is 2.17. The molecule has 0 saturated carbocycles. The third-order valence-electron chi connectivity index (χ3n) is 3.46. The summed E-state index contributed by atoms with van der Waals surface area (Å²) in [6.45, 7) is -0.490. The highest BCUT2D eigenvalue weighted by Crippen LogP contribution is 2.17. The Balaban J connectivity index is 0.00000392. The largest absolute Gasteiger partial charge is 0.497 e. The normalized spacial score (nSPS) is 11.4. The number of halogens is 4. The van der Waals surface area contributed by atoms with Crippen LogP contribution in [0.2, 0.25) is 0 Å². The number of guanidine groups is 1. The van der Waals surface area contributed by atoms with Gasteiger partial charge >= 0.3 is 6.18 Å². The number of nitrogens with zero attached hydrogens (tertiary/aromatic N) is 2. The molecule has 1 aromatic carbocycles. The van der Waals surface area contributed by atoms with Crippen LogP contribution in [0, 0.1) is 0 Å². The van der Waals surface area contributed by atoms with Gasteiger partial charge in [0.05, 0.1) is 7.11 Å². The molecule has 0 radical (unpaired) electrons. The van der Waals surface area contributed by atoms with Crippen molar-refractivity contribution >= 4 is 29.9 Å². The van der Waals surface area contributed by atoms with E-state index in [9.17, 15) is 13.2 Å². The Morgan fingerprint density at radius 3 is 2.39 bits per heavy atom. The van der Waals surface area contributed by atoms with Gasteiger partial charge < -0.3 is 20.1 Å². The summed E-state index contributed by atoms with van der Waals surface area (Å²) < 4.78 is 46.5. The third kappa shape index (κ3) is 8.63. The standard InChI is InChI=1S/C18H21F3N4O2.HI/c1-22-17(24-10-13-4-3-5-15(8-13)26-2)25-11-14-6-7-23-16(9-14)27-12-18(19,20)21;/h3-9H,10-12H2,1-2H3,(H2,22,24,25);1H. The lowest BCUT2D eigenvalue weighted by Gasteiger charge is -2.13. The maximum Gasteiger partial charge on any atom is 0.422 e. The monoisotopic (exact) mass is 510 g/mol. The smallest absolute Gasteiger partial charge is 0.422 e. The second kappa shape index (κ2) is 11.6. The SMILES string of the molecule is CN=C(NCc1cccc(OC)c1)NCc1ccnc(OCC(F)(F)F)c1.I. The number of hydrogen-bond donors (Lipinski definition) is 2. The fourth-order valence-corrected chi connectivity index (χ4v) is 2.17. The molecule has 1 heterocycles. The molecule has 0 fully saturated rings. The maximum absolute atomic E-state index is 12.2. The minimum absolute atomic E-state index is 0. The van der Waals surface area contributed by atoms with E-state index in [1.165, 1.54) is 12.3 Å². The molecule has 0 unspecified atom stereocenters. The first-order chi connectivity index (χ1) is 12.9. The molecule has 0 aliphatic rings. The number of methoxy groups -OCH3 is 1. The number of nitrogens with one attached hydrogen (secondary N) is 2. The number of benzene rings is 1. The van der Waals surface area contributed by atoms with Crippen molar-refractivity contribution in [2.75, 3.05) is 20.8 Å². The number of hydrogen-bond acceptors (Lipinski definition) is 4. The van der Waals surface area contributed by atoms with Gasteiger partial charge in [-0.1, -0.05) is 12.1 Å². The molecule has 154 valence electrons. The molecule has 0 aliphatic heterocycles. The van der Waals surface area contributed by atoms with E-state index in [1.54, 1.807) is 20.2 Å². The molecule has 0 amide bonds. The molecule has 28 heavy (non-hydrogen) atoms. The van der Waals surface area contributed by atoms with Gasteiger partial charge in [-0.25, -0.2) is 4.98 Å². The Hall–Kier alpha value is -2.24. The topological polar surface area (TPSA) is 67.8 Å². The van der Waals surface area contributed by atoms with Crippen LogP contribution >= 0.6 is 24.0 Å². The van der Waals surface area contributed by atoms with Crippen molar-refractivity contribution < 1.29 is 22.6 Å². The van der Waals surface area contributed by atoms with Crippen LogP contribution in [0.1, 0.15) is 11.1 Å². The van der Waals surface area contributed by atoms with Gasteiger partial charge in [0.2, 0.25) is 5.88 Å². The predicted molar refractivity (Wildman–Crippen MR) is 111 cm³/mol. The van der Waals surface area contributed by atoms with E-state index in [1.807, 2.05) is 24.3 Å². The first kappa shape index (κ1) is 23.8. The lowest BCUT2D eigenvalue weighted by Crippen LogP contribution is -2.36. The Morgan fingerprint density at radius 2 is 1.79 bits per heavy atom. The van der Waals surface area contributed by atoms with Crippen LogP contribution in [0.3, 0.4) is 0 Å². The summed E-state index contributed by atoms with van der Waals surface area (Å²) >= 11 is 0. The molecule has 2 aromatic rings. The molecule has 1 aromatic heterocycles. The van der Waals surface area contributed by atoms with Crippen LogP contribution in [0.5, 0.6) is 11.6 Å². The minimum atomic E-state index is -4.40. The van der Waals surface area contributed by atoms with Gasteiger partial charge in [-0.2, -0.15) is 13.2 Å². The van der Waals surface area contributed by atoms with Crippen molar-refractivity contribution in [3.63, 3.8) is 0 Å². The highest BCUT2D eigenvalue weighted by molar-refractivity contribution is 14.0. The molecular weight excluding hydrogens is 488 g/mol. The van der Waals surface area contributed by atoms with E-state index in [-0.39, 0.29) is 29.9 Å². The fraction of sp³-hybridized carbons (Fsp3) is 0.333. The molecule has 10 heteroatoms. The zero-order chi connectivity index (χ0) is 19.7. The highest BCUT2D eigenvalue weighted by Gasteiger charge is 2.28. The molecule has 0 bridgehead atoms. The Labute approximate surface area is 178 Å². The average molecular weight is 510 g/mol. The summed E-state index contributed by atoms with van der Waals surface area (Å²) in [5, 5.41) is 6.24. The van der Waals surface area contributed by atoms with Gasteiger partial charge in [-0.3, -0.25) is 4.99 Å². The molecule has 6 nitrogen and oxygen atoms in total. The quantitative estimate of drug-likeness (QED) is 0.339. The summed E-state index contributed by atoms with van der Waals surface area (Å²) in [7, 11) is 3.24. The molecule has 2 rings (SSSR count). The molecule has 0 saturated heterocycles. The second-order valence-corrected chi connectivity index (χ2v) is 5.54. The van der Waals surface area contributed by atoms with Gasteiger partial charge in [-0.05, 0) is 29.3 Å². The maximum atomic E-state index is 12.2. The van der Waals surface area contributed by atoms with E-state index in [2.05, 4.69) is 25.3 Å². The molecule has 2 N–H and O–H groups in total. The van der Waals surface area contributed by atoms with Crippen molar-refractivity contribution in [2.24, 2.45) is 4.99 Å². The minimum Gasteiger partial charge on any atom is -0.497 e. The first-order valence-corrected chi connectivity index (χ1v) is 8.11. The van der Waals surface area contributed by atoms with Gasteiger partial charge in [0.15, 0.2) is 12.6 Å². The second-order valence-electron chi connectivity index (χ2n) is 5.54. The number of alkyl halides is 3. The number of rotatable bonds is 7. The molecule has 0 aliphatic carbocycles. The van der Waals surface area contributed by atoms with E-state index in [4.69, 9.17) is 4.74 Å². The van der Waals surface area contributed by atoms with E-state index >= 15 is 0 Å². The Kier molecular flexibility index (Phi) is 9.83. The predicted octanol–water partition coefficient (Wildman–Crippen LogP) is 3.51. The van der Waals surface area contributed by atoms with Crippen LogP contribution in [0.25, 0.3) is 0 Å². The summed E-state index contributed by atoms with van der Waals surface area (Å²) in [5.74, 6) is 1.23. The van der Waals surface area contributed by atoms with Gasteiger partial charge in [0.1, 0.15) is 5.75 Å². The zero-order valence-electron chi connectivity index (χ0n) is 15.4. The van der Waals surface area contributed by atoms with Crippen molar-refractivity contribution in [1.82, 2.24) is 15.6 Å². The van der Waals surface area contributed by atoms with Crippen LogP contribution in [-0.2, 0) is 13.1 Å². The zero-order valence-corrected chi connectivity index (χ0v) is 17.7. The van der Waals surface area contributed by atoms with Crippen molar-refractivity contribution in [2.45, 2.75) is 19.3 Å². The van der Waals surface area contributed by atoms with Gasteiger partial charge in [0, 0.05) is 32.4 Å². The lowest BCUT2D eigenvalue weighted by molar-refractivity contribution is -0.154. The van der Waals surface area contributed by atoms with Gasteiger partial charge in [-0.15, -0.1) is 24.0 Å². The Bertz CT molecular complexity index is 772. The molecule has 0 atom stereocenters.